The van der Waals surface area contributed by atoms with Crippen molar-refractivity contribution in [1.82, 2.24) is 14.9 Å². The third kappa shape index (κ3) is 6.26. The molecule has 0 amide bonds. The zero-order valence-electron chi connectivity index (χ0n) is 22.8. The first-order valence-electron chi connectivity index (χ1n) is 13.7. The van der Waals surface area contributed by atoms with E-state index in [1.165, 1.54) is 0 Å². The topological polar surface area (TPSA) is 119 Å². The summed E-state index contributed by atoms with van der Waals surface area (Å²) in [6, 6.07) is 33.6. The van der Waals surface area contributed by atoms with Crippen molar-refractivity contribution in [2.75, 3.05) is 41.7 Å². The highest BCUT2D eigenvalue weighted by Crippen LogP contribution is 2.31. The van der Waals surface area contributed by atoms with Gasteiger partial charge < -0.3 is 26.2 Å². The fourth-order valence-corrected chi connectivity index (χ4v) is 5.07. The van der Waals surface area contributed by atoms with Crippen LogP contribution in [0.25, 0.3) is 22.2 Å². The minimum atomic E-state index is 0.124. The van der Waals surface area contributed by atoms with E-state index in [-0.39, 0.29) is 5.96 Å². The second-order valence-electron chi connectivity index (χ2n) is 9.88. The number of piperazine rings is 1. The lowest BCUT2D eigenvalue weighted by molar-refractivity contribution is 0.380. The van der Waals surface area contributed by atoms with Gasteiger partial charge in [-0.2, -0.15) is 4.99 Å². The minimum Gasteiger partial charge on any atom is -0.370 e. The Morgan fingerprint density at radius 2 is 1.40 bits per heavy atom. The lowest BCUT2D eigenvalue weighted by Gasteiger charge is -2.36. The van der Waals surface area contributed by atoms with Gasteiger partial charge in [-0.3, -0.25) is 5.41 Å². The lowest BCUT2D eigenvalue weighted by Crippen LogP contribution is -2.50. The van der Waals surface area contributed by atoms with Crippen LogP contribution in [0, 0.1) is 5.41 Å². The van der Waals surface area contributed by atoms with E-state index in [1.54, 1.807) is 0 Å². The van der Waals surface area contributed by atoms with E-state index < -0.39 is 0 Å². The van der Waals surface area contributed by atoms with Crippen molar-refractivity contribution in [3.63, 3.8) is 0 Å². The maximum absolute atomic E-state index is 7.68. The maximum atomic E-state index is 7.68. The summed E-state index contributed by atoms with van der Waals surface area (Å²) in [6.45, 7) is 3.05. The number of anilines is 3. The quantitative estimate of drug-likeness (QED) is 0.146. The number of nitrogens with two attached hydrogens (primary N) is 1. The van der Waals surface area contributed by atoms with Crippen molar-refractivity contribution in [2.45, 2.75) is 0 Å². The van der Waals surface area contributed by atoms with E-state index in [1.807, 2.05) is 83.8 Å². The predicted octanol–water partition coefficient (Wildman–Crippen LogP) is 6.18. The first-order chi connectivity index (χ1) is 20.5. The standard InChI is InChI=1S/C32H30ClN9/c33-23-13-16-28-27(21-23)29(22-11-14-26(15-12-22)41-17-19-42(20-18-41)30(34)35)39-32(38-28)40-31(36-24-7-3-1-4-8-24)37-25-9-5-2-6-10-25/h1-16,21H,17-20H2,(H3,34,35)(H2,36,37,38,39,40). The lowest BCUT2D eigenvalue weighted by atomic mass is 10.1. The highest BCUT2D eigenvalue weighted by molar-refractivity contribution is 6.31. The normalized spacial score (nSPS) is 13.1. The summed E-state index contributed by atoms with van der Waals surface area (Å²) in [5, 5.41) is 15.8. The average Bonchev–Trinajstić information content (AvgIpc) is 3.02. The van der Waals surface area contributed by atoms with Gasteiger partial charge in [0.25, 0.3) is 5.95 Å². The molecule has 0 aliphatic carbocycles. The molecule has 0 radical (unpaired) electrons. The Balaban J connectivity index is 1.36. The van der Waals surface area contributed by atoms with E-state index in [0.717, 1.165) is 65.4 Å². The summed E-state index contributed by atoms with van der Waals surface area (Å²) in [7, 11) is 0. The molecule has 0 saturated carbocycles. The molecule has 1 saturated heterocycles. The van der Waals surface area contributed by atoms with Crippen LogP contribution < -0.4 is 21.3 Å². The van der Waals surface area contributed by atoms with E-state index in [0.29, 0.717) is 16.9 Å². The Bertz CT molecular complexity index is 1670. The molecule has 1 aliphatic heterocycles. The highest BCUT2D eigenvalue weighted by Gasteiger charge is 2.18. The van der Waals surface area contributed by atoms with Crippen LogP contribution in [-0.4, -0.2) is 53.0 Å². The zero-order chi connectivity index (χ0) is 28.9. The fraction of sp³-hybridized carbons (Fsp3) is 0.125. The van der Waals surface area contributed by atoms with Gasteiger partial charge in [-0.25, -0.2) is 9.97 Å². The third-order valence-corrected chi connectivity index (χ3v) is 7.29. The number of aliphatic imine (C=N–C) groups is 1. The fourth-order valence-electron chi connectivity index (χ4n) is 4.90. The molecule has 0 spiro atoms. The van der Waals surface area contributed by atoms with Gasteiger partial charge in [0.2, 0.25) is 5.96 Å². The second kappa shape index (κ2) is 12.2. The van der Waals surface area contributed by atoms with Crippen LogP contribution in [0.5, 0.6) is 0 Å². The van der Waals surface area contributed by atoms with Gasteiger partial charge in [-0.15, -0.1) is 0 Å². The van der Waals surface area contributed by atoms with Crippen LogP contribution in [0.3, 0.4) is 0 Å². The number of hydrogen-bond acceptors (Lipinski definition) is 5. The molecule has 42 heavy (non-hydrogen) atoms. The number of halogens is 1. The average molecular weight is 576 g/mol. The van der Waals surface area contributed by atoms with Crippen molar-refractivity contribution < 1.29 is 0 Å². The summed E-state index contributed by atoms with van der Waals surface area (Å²) in [5.41, 5.74) is 11.0. The van der Waals surface area contributed by atoms with Crippen molar-refractivity contribution >= 4 is 57.4 Å². The maximum Gasteiger partial charge on any atom is 0.253 e. The van der Waals surface area contributed by atoms with E-state index in [2.05, 4.69) is 39.8 Å². The molecule has 9 nitrogen and oxygen atoms in total. The van der Waals surface area contributed by atoms with Crippen molar-refractivity contribution in [3.8, 4) is 11.3 Å². The van der Waals surface area contributed by atoms with Gasteiger partial charge in [0.15, 0.2) is 5.96 Å². The first kappa shape index (κ1) is 27.0. The van der Waals surface area contributed by atoms with E-state index >= 15 is 0 Å². The molecular weight excluding hydrogens is 546 g/mol. The molecule has 1 aromatic heterocycles. The molecule has 0 atom stereocenters. The van der Waals surface area contributed by atoms with Crippen LogP contribution in [0.4, 0.5) is 23.0 Å². The van der Waals surface area contributed by atoms with Gasteiger partial charge in [0.1, 0.15) is 0 Å². The summed E-state index contributed by atoms with van der Waals surface area (Å²) in [4.78, 5) is 18.7. The monoisotopic (exact) mass is 575 g/mol. The van der Waals surface area contributed by atoms with Crippen LogP contribution in [0.2, 0.25) is 5.02 Å². The molecular formula is C32H30ClN9. The summed E-state index contributed by atoms with van der Waals surface area (Å²) >= 11 is 6.41. The van der Waals surface area contributed by atoms with Crippen molar-refractivity contribution in [1.29, 1.82) is 5.41 Å². The van der Waals surface area contributed by atoms with Gasteiger partial charge in [-0.1, -0.05) is 60.1 Å². The number of guanidine groups is 2. The first-order valence-corrected chi connectivity index (χ1v) is 14.0. The SMILES string of the molecule is N=C(N)N1CCN(c2ccc(-c3nc(N=C(Nc4ccccc4)Nc4ccccc4)nc4ccc(Cl)cc34)cc2)CC1. The number of hydrogen-bond donors (Lipinski definition) is 4. The third-order valence-electron chi connectivity index (χ3n) is 7.06. The summed E-state index contributed by atoms with van der Waals surface area (Å²) in [6.07, 6.45) is 0. The smallest absolute Gasteiger partial charge is 0.253 e. The molecule has 5 N–H and O–H groups in total. The Kier molecular flexibility index (Phi) is 7.83. The van der Waals surface area contributed by atoms with Crippen molar-refractivity contribution in [2.24, 2.45) is 10.7 Å². The molecule has 0 bridgehead atoms. The molecule has 2 heterocycles. The van der Waals surface area contributed by atoms with Gasteiger partial charge in [0.05, 0.1) is 11.2 Å². The number of benzene rings is 4. The number of rotatable bonds is 5. The molecule has 6 rings (SSSR count). The van der Waals surface area contributed by atoms with Crippen LogP contribution in [0.15, 0.2) is 108 Å². The number of nitrogens with one attached hydrogen (secondary N) is 3. The molecule has 210 valence electrons. The number of aromatic nitrogens is 2. The van der Waals surface area contributed by atoms with E-state index in [9.17, 15) is 0 Å². The zero-order valence-corrected chi connectivity index (χ0v) is 23.6. The van der Waals surface area contributed by atoms with Gasteiger partial charge in [0, 0.05) is 59.2 Å². The predicted molar refractivity (Wildman–Crippen MR) is 173 cm³/mol. The molecule has 1 fully saturated rings. The largest absolute Gasteiger partial charge is 0.370 e. The molecule has 0 unspecified atom stereocenters. The molecule has 10 heteroatoms. The van der Waals surface area contributed by atoms with Crippen molar-refractivity contribution in [3.05, 3.63) is 108 Å². The van der Waals surface area contributed by atoms with Crippen LogP contribution in [0.1, 0.15) is 0 Å². The van der Waals surface area contributed by atoms with Crippen LogP contribution in [-0.2, 0) is 0 Å². The Labute approximate surface area is 249 Å². The van der Waals surface area contributed by atoms with Gasteiger partial charge >= 0.3 is 0 Å². The Morgan fingerprint density at radius 1 is 0.786 bits per heavy atom. The Hall–Kier alpha value is -5.15. The minimum absolute atomic E-state index is 0.124. The number of para-hydroxylation sites is 2. The second-order valence-corrected chi connectivity index (χ2v) is 10.3. The van der Waals surface area contributed by atoms with E-state index in [4.69, 9.17) is 37.7 Å². The molecule has 1 aliphatic rings. The van der Waals surface area contributed by atoms with Gasteiger partial charge in [-0.05, 0) is 54.6 Å². The van der Waals surface area contributed by atoms with Crippen LogP contribution >= 0.6 is 11.6 Å². The summed E-state index contributed by atoms with van der Waals surface area (Å²) < 4.78 is 0. The summed E-state index contributed by atoms with van der Waals surface area (Å²) in [5.74, 6) is 0.927. The molecule has 5 aromatic rings. The highest BCUT2D eigenvalue weighted by atomic mass is 35.5. The number of nitrogens with zero attached hydrogens (tertiary/aromatic N) is 5. The Morgan fingerprint density at radius 3 is 2.00 bits per heavy atom. The molecule has 4 aromatic carbocycles. The number of fused-ring (bicyclic) bond motifs is 1.